The minimum absolute atomic E-state index is 0.338. The first-order valence-corrected chi connectivity index (χ1v) is 6.74. The zero-order valence-corrected chi connectivity index (χ0v) is 10.7. The van der Waals surface area contributed by atoms with Gasteiger partial charge in [0.05, 0.1) is 0 Å². The number of amides is 1. The number of nitrogens with two attached hydrogens (primary N) is 1. The molecular weight excluding hydrogens is 200 g/mol. The van der Waals surface area contributed by atoms with Gasteiger partial charge < -0.3 is 10.6 Å². The van der Waals surface area contributed by atoms with Crippen molar-refractivity contribution in [2.45, 2.75) is 70.9 Å². The first-order valence-electron chi connectivity index (χ1n) is 6.74. The SMILES string of the molecule is CCCC(=O)N(CCC)C1CCC(N)CC1. The molecule has 1 amide bonds. The van der Waals surface area contributed by atoms with Gasteiger partial charge in [0.2, 0.25) is 5.91 Å². The first-order chi connectivity index (χ1) is 7.69. The number of hydrogen-bond donors (Lipinski definition) is 1. The van der Waals surface area contributed by atoms with Crippen LogP contribution in [-0.4, -0.2) is 29.4 Å². The fourth-order valence-electron chi connectivity index (χ4n) is 2.52. The zero-order valence-electron chi connectivity index (χ0n) is 10.7. The molecule has 1 saturated carbocycles. The van der Waals surface area contributed by atoms with Gasteiger partial charge in [0, 0.05) is 25.0 Å². The summed E-state index contributed by atoms with van der Waals surface area (Å²) < 4.78 is 0. The van der Waals surface area contributed by atoms with E-state index in [4.69, 9.17) is 5.73 Å². The molecule has 0 aromatic rings. The van der Waals surface area contributed by atoms with Crippen LogP contribution in [0.5, 0.6) is 0 Å². The van der Waals surface area contributed by atoms with E-state index in [0.29, 0.717) is 24.4 Å². The number of nitrogens with zero attached hydrogens (tertiary/aromatic N) is 1. The van der Waals surface area contributed by atoms with Gasteiger partial charge >= 0.3 is 0 Å². The minimum Gasteiger partial charge on any atom is -0.340 e. The van der Waals surface area contributed by atoms with Crippen LogP contribution in [0, 0.1) is 0 Å². The lowest BCUT2D eigenvalue weighted by molar-refractivity contribution is -0.134. The highest BCUT2D eigenvalue weighted by Crippen LogP contribution is 2.23. The summed E-state index contributed by atoms with van der Waals surface area (Å²) >= 11 is 0. The second-order valence-corrected chi connectivity index (χ2v) is 4.91. The Labute approximate surface area is 99.4 Å². The second-order valence-electron chi connectivity index (χ2n) is 4.91. The van der Waals surface area contributed by atoms with Crippen LogP contribution >= 0.6 is 0 Å². The summed E-state index contributed by atoms with van der Waals surface area (Å²) in [6, 6.07) is 0.819. The molecule has 2 N–H and O–H groups in total. The van der Waals surface area contributed by atoms with Gasteiger partial charge in [-0.25, -0.2) is 0 Å². The van der Waals surface area contributed by atoms with Crippen molar-refractivity contribution in [3.63, 3.8) is 0 Å². The van der Waals surface area contributed by atoms with E-state index in [-0.39, 0.29) is 0 Å². The number of rotatable bonds is 5. The van der Waals surface area contributed by atoms with E-state index in [1.807, 2.05) is 0 Å². The topological polar surface area (TPSA) is 46.3 Å². The van der Waals surface area contributed by atoms with E-state index in [1.54, 1.807) is 0 Å². The maximum Gasteiger partial charge on any atom is 0.222 e. The Kier molecular flexibility index (Phi) is 5.81. The summed E-state index contributed by atoms with van der Waals surface area (Å²) in [6.07, 6.45) is 7.04. The van der Waals surface area contributed by atoms with Gasteiger partial charge in [0.25, 0.3) is 0 Å². The Hall–Kier alpha value is -0.570. The van der Waals surface area contributed by atoms with Crippen LogP contribution in [0.15, 0.2) is 0 Å². The highest BCUT2D eigenvalue weighted by atomic mass is 16.2. The fourth-order valence-corrected chi connectivity index (χ4v) is 2.52. The van der Waals surface area contributed by atoms with Crippen LogP contribution in [0.2, 0.25) is 0 Å². The Balaban J connectivity index is 2.51. The molecule has 0 atom stereocenters. The molecule has 0 bridgehead atoms. The molecule has 16 heavy (non-hydrogen) atoms. The summed E-state index contributed by atoms with van der Waals surface area (Å²) in [5, 5.41) is 0. The van der Waals surface area contributed by atoms with Crippen molar-refractivity contribution in [3.8, 4) is 0 Å². The lowest BCUT2D eigenvalue weighted by Crippen LogP contribution is -2.44. The molecule has 3 heteroatoms. The summed E-state index contributed by atoms with van der Waals surface area (Å²) in [5.74, 6) is 0.338. The molecular formula is C13H26N2O. The van der Waals surface area contributed by atoms with Crippen LogP contribution in [0.25, 0.3) is 0 Å². The van der Waals surface area contributed by atoms with Gasteiger partial charge in [-0.2, -0.15) is 0 Å². The molecule has 1 aliphatic carbocycles. The largest absolute Gasteiger partial charge is 0.340 e. The third-order valence-electron chi connectivity index (χ3n) is 3.43. The predicted octanol–water partition coefficient (Wildman–Crippen LogP) is 2.29. The monoisotopic (exact) mass is 226 g/mol. The quantitative estimate of drug-likeness (QED) is 0.782. The number of carbonyl (C=O) groups is 1. The molecule has 1 aliphatic rings. The third-order valence-corrected chi connectivity index (χ3v) is 3.43. The van der Waals surface area contributed by atoms with Crippen LogP contribution in [0.1, 0.15) is 58.8 Å². The first kappa shape index (κ1) is 13.5. The third kappa shape index (κ3) is 3.78. The second kappa shape index (κ2) is 6.89. The summed E-state index contributed by atoms with van der Waals surface area (Å²) in [4.78, 5) is 14.1. The van der Waals surface area contributed by atoms with E-state index in [0.717, 1.165) is 45.1 Å². The van der Waals surface area contributed by atoms with E-state index < -0.39 is 0 Å². The molecule has 0 heterocycles. The van der Waals surface area contributed by atoms with Crippen LogP contribution in [0.4, 0.5) is 0 Å². The molecule has 1 rings (SSSR count). The highest BCUT2D eigenvalue weighted by Gasteiger charge is 2.26. The molecule has 0 radical (unpaired) electrons. The highest BCUT2D eigenvalue weighted by molar-refractivity contribution is 5.76. The summed E-state index contributed by atoms with van der Waals surface area (Å²) in [5.41, 5.74) is 5.90. The molecule has 0 aliphatic heterocycles. The van der Waals surface area contributed by atoms with Crippen LogP contribution in [0.3, 0.4) is 0 Å². The van der Waals surface area contributed by atoms with Crippen molar-refractivity contribution in [3.05, 3.63) is 0 Å². The van der Waals surface area contributed by atoms with Gasteiger partial charge in [-0.15, -0.1) is 0 Å². The van der Waals surface area contributed by atoms with Crippen LogP contribution < -0.4 is 5.73 Å². The molecule has 0 aromatic heterocycles. The molecule has 94 valence electrons. The van der Waals surface area contributed by atoms with Crippen molar-refractivity contribution in [1.29, 1.82) is 0 Å². The van der Waals surface area contributed by atoms with Gasteiger partial charge in [-0.05, 0) is 38.5 Å². The zero-order chi connectivity index (χ0) is 12.0. The van der Waals surface area contributed by atoms with Crippen LogP contribution in [-0.2, 0) is 4.79 Å². The van der Waals surface area contributed by atoms with Gasteiger partial charge in [-0.1, -0.05) is 13.8 Å². The molecule has 0 unspecified atom stereocenters. The molecule has 1 fully saturated rings. The minimum atomic E-state index is 0.338. The molecule has 3 nitrogen and oxygen atoms in total. The van der Waals surface area contributed by atoms with E-state index in [9.17, 15) is 4.79 Å². The van der Waals surface area contributed by atoms with Crippen molar-refractivity contribution >= 4 is 5.91 Å². The van der Waals surface area contributed by atoms with Crippen molar-refractivity contribution in [2.24, 2.45) is 5.73 Å². The van der Waals surface area contributed by atoms with Crippen molar-refractivity contribution in [1.82, 2.24) is 4.90 Å². The lowest BCUT2D eigenvalue weighted by Gasteiger charge is -2.36. The van der Waals surface area contributed by atoms with E-state index >= 15 is 0 Å². The molecule has 0 saturated heterocycles. The number of carbonyl (C=O) groups excluding carboxylic acids is 1. The fraction of sp³-hybridized carbons (Fsp3) is 0.923. The van der Waals surface area contributed by atoms with Crippen molar-refractivity contribution in [2.75, 3.05) is 6.54 Å². The average molecular weight is 226 g/mol. The smallest absolute Gasteiger partial charge is 0.222 e. The summed E-state index contributed by atoms with van der Waals surface area (Å²) in [6.45, 7) is 5.12. The molecule has 0 aromatic carbocycles. The van der Waals surface area contributed by atoms with Gasteiger partial charge in [-0.3, -0.25) is 4.79 Å². The number of hydrogen-bond acceptors (Lipinski definition) is 2. The van der Waals surface area contributed by atoms with E-state index in [1.165, 1.54) is 0 Å². The standard InChI is InChI=1S/C13H26N2O/c1-3-5-13(16)15(10-4-2)12-8-6-11(14)7-9-12/h11-12H,3-10,14H2,1-2H3. The van der Waals surface area contributed by atoms with Gasteiger partial charge in [0.1, 0.15) is 0 Å². The maximum atomic E-state index is 12.0. The Morgan fingerprint density at radius 1 is 1.19 bits per heavy atom. The Morgan fingerprint density at radius 2 is 1.81 bits per heavy atom. The molecule has 0 spiro atoms. The normalized spacial score (nSPS) is 25.4. The van der Waals surface area contributed by atoms with Gasteiger partial charge in [0.15, 0.2) is 0 Å². The van der Waals surface area contributed by atoms with E-state index in [2.05, 4.69) is 18.7 Å². The predicted molar refractivity (Wildman–Crippen MR) is 67.1 cm³/mol. The Morgan fingerprint density at radius 3 is 2.31 bits per heavy atom. The van der Waals surface area contributed by atoms with Crippen molar-refractivity contribution < 1.29 is 4.79 Å². The Bertz CT molecular complexity index is 210. The maximum absolute atomic E-state index is 12.0. The lowest BCUT2D eigenvalue weighted by atomic mass is 9.90. The summed E-state index contributed by atoms with van der Waals surface area (Å²) in [7, 11) is 0. The average Bonchev–Trinajstić information content (AvgIpc) is 2.28.